The van der Waals surface area contributed by atoms with Crippen molar-refractivity contribution >= 4 is 41.1 Å². The lowest BCUT2D eigenvalue weighted by molar-refractivity contribution is -0.121. The number of nitrogens with one attached hydrogen (secondary N) is 1. The van der Waals surface area contributed by atoms with Gasteiger partial charge < -0.3 is 14.7 Å². The second kappa shape index (κ2) is 11.8. The number of anilines is 1. The van der Waals surface area contributed by atoms with Crippen LogP contribution in [0.2, 0.25) is 5.02 Å². The molecule has 0 atom stereocenters. The minimum atomic E-state index is -0.981. The molecule has 0 fully saturated rings. The van der Waals surface area contributed by atoms with E-state index in [1.54, 1.807) is 30.1 Å². The summed E-state index contributed by atoms with van der Waals surface area (Å²) in [6.07, 6.45) is 1.02. The Kier molecular flexibility index (Phi) is 8.80. The third-order valence-corrected chi connectivity index (χ3v) is 6.67. The van der Waals surface area contributed by atoms with E-state index in [0.29, 0.717) is 31.0 Å². The van der Waals surface area contributed by atoms with Gasteiger partial charge in [-0.25, -0.2) is 4.79 Å². The molecule has 1 amide bonds. The fourth-order valence-corrected chi connectivity index (χ4v) is 4.49. The van der Waals surface area contributed by atoms with Crippen molar-refractivity contribution in [3.05, 3.63) is 94.0 Å². The SMILES string of the molecule is Cc1ccc(SN(CCCC(=O)NCc2cccc(C(=O)O)c2)c2cccc(Cl)c2C)cc1. The number of carboxylic acids is 1. The van der Waals surface area contributed by atoms with Crippen LogP contribution in [0.1, 0.15) is 39.9 Å². The van der Waals surface area contributed by atoms with Crippen LogP contribution in [-0.2, 0) is 11.3 Å². The maximum absolute atomic E-state index is 12.4. The first kappa shape index (κ1) is 24.7. The van der Waals surface area contributed by atoms with Crippen molar-refractivity contribution in [2.75, 3.05) is 10.8 Å². The molecule has 0 radical (unpaired) electrons. The highest BCUT2D eigenvalue weighted by Crippen LogP contribution is 2.34. The van der Waals surface area contributed by atoms with Crippen LogP contribution in [0.15, 0.2) is 71.6 Å². The van der Waals surface area contributed by atoms with Gasteiger partial charge in [-0.05, 0) is 79.7 Å². The molecule has 2 N–H and O–H groups in total. The van der Waals surface area contributed by atoms with Gasteiger partial charge in [0.05, 0.1) is 11.3 Å². The number of carbonyl (C=O) groups excluding carboxylic acids is 1. The summed E-state index contributed by atoms with van der Waals surface area (Å²) in [5.41, 5.74) is 4.20. The minimum Gasteiger partial charge on any atom is -0.478 e. The zero-order valence-electron chi connectivity index (χ0n) is 18.7. The van der Waals surface area contributed by atoms with Crippen LogP contribution < -0.4 is 9.62 Å². The lowest BCUT2D eigenvalue weighted by Crippen LogP contribution is -2.24. The Morgan fingerprint density at radius 3 is 2.48 bits per heavy atom. The topological polar surface area (TPSA) is 69.6 Å². The number of carbonyl (C=O) groups is 2. The van der Waals surface area contributed by atoms with Crippen molar-refractivity contribution in [3.8, 4) is 0 Å². The van der Waals surface area contributed by atoms with Crippen molar-refractivity contribution in [1.82, 2.24) is 5.32 Å². The van der Waals surface area contributed by atoms with Gasteiger partial charge in [-0.15, -0.1) is 0 Å². The molecule has 0 aliphatic carbocycles. The number of nitrogens with zero attached hydrogens (tertiary/aromatic N) is 1. The molecule has 0 unspecified atom stereocenters. The van der Waals surface area contributed by atoms with Crippen LogP contribution in [-0.4, -0.2) is 23.5 Å². The van der Waals surface area contributed by atoms with Crippen molar-refractivity contribution in [2.45, 2.75) is 38.1 Å². The van der Waals surface area contributed by atoms with Crippen LogP contribution in [0.3, 0.4) is 0 Å². The summed E-state index contributed by atoms with van der Waals surface area (Å²) in [5.74, 6) is -1.05. The molecular formula is C26H27ClN2O3S. The van der Waals surface area contributed by atoms with Crippen LogP contribution in [0.4, 0.5) is 5.69 Å². The van der Waals surface area contributed by atoms with E-state index in [-0.39, 0.29) is 11.5 Å². The van der Waals surface area contributed by atoms with Gasteiger partial charge in [0, 0.05) is 29.4 Å². The van der Waals surface area contributed by atoms with E-state index in [9.17, 15) is 9.59 Å². The Balaban J connectivity index is 1.60. The molecule has 0 heterocycles. The molecule has 7 heteroatoms. The normalized spacial score (nSPS) is 10.6. The summed E-state index contributed by atoms with van der Waals surface area (Å²) >= 11 is 7.99. The Hall–Kier alpha value is -2.96. The Morgan fingerprint density at radius 1 is 1.03 bits per heavy atom. The summed E-state index contributed by atoms with van der Waals surface area (Å²) in [4.78, 5) is 24.6. The molecule has 0 bridgehead atoms. The molecule has 3 aromatic rings. The maximum atomic E-state index is 12.4. The third-order valence-electron chi connectivity index (χ3n) is 5.17. The van der Waals surface area contributed by atoms with E-state index < -0.39 is 5.97 Å². The van der Waals surface area contributed by atoms with E-state index in [1.165, 1.54) is 11.6 Å². The fraction of sp³-hybridized carbons (Fsp3) is 0.231. The van der Waals surface area contributed by atoms with Crippen LogP contribution >= 0.6 is 23.5 Å². The van der Waals surface area contributed by atoms with Crippen LogP contribution in [0.25, 0.3) is 0 Å². The minimum absolute atomic E-state index is 0.0705. The zero-order chi connectivity index (χ0) is 23.8. The summed E-state index contributed by atoms with van der Waals surface area (Å²) in [7, 11) is 0. The molecule has 0 aliphatic rings. The largest absolute Gasteiger partial charge is 0.478 e. The van der Waals surface area contributed by atoms with E-state index >= 15 is 0 Å². The van der Waals surface area contributed by atoms with Gasteiger partial charge in [-0.1, -0.05) is 47.5 Å². The molecule has 33 heavy (non-hydrogen) atoms. The predicted octanol–water partition coefficient (Wildman–Crippen LogP) is 6.27. The Labute approximate surface area is 203 Å². The number of hydrogen-bond donors (Lipinski definition) is 2. The van der Waals surface area contributed by atoms with Gasteiger partial charge in [-0.2, -0.15) is 0 Å². The van der Waals surface area contributed by atoms with E-state index in [1.807, 2.05) is 25.1 Å². The standard InChI is InChI=1S/C26H27ClN2O3S/c1-18-11-13-22(14-12-18)33-29(24-9-4-8-23(27)19(24)2)15-5-10-25(30)28-17-20-6-3-7-21(16-20)26(31)32/h3-4,6-9,11-14,16H,5,10,15,17H2,1-2H3,(H,28,30)(H,31,32). The van der Waals surface area contributed by atoms with Crippen molar-refractivity contribution in [1.29, 1.82) is 0 Å². The molecule has 0 saturated heterocycles. The highest BCUT2D eigenvalue weighted by molar-refractivity contribution is 8.00. The van der Waals surface area contributed by atoms with Crippen molar-refractivity contribution < 1.29 is 14.7 Å². The monoisotopic (exact) mass is 482 g/mol. The molecule has 172 valence electrons. The van der Waals surface area contributed by atoms with Gasteiger partial charge in [0.25, 0.3) is 0 Å². The number of halogens is 1. The molecule has 0 spiro atoms. The summed E-state index contributed by atoms with van der Waals surface area (Å²) < 4.78 is 2.18. The van der Waals surface area contributed by atoms with Crippen LogP contribution in [0.5, 0.6) is 0 Å². The van der Waals surface area contributed by atoms with Crippen molar-refractivity contribution in [3.63, 3.8) is 0 Å². The first-order valence-electron chi connectivity index (χ1n) is 10.7. The smallest absolute Gasteiger partial charge is 0.335 e. The molecule has 3 rings (SSSR count). The maximum Gasteiger partial charge on any atom is 0.335 e. The van der Waals surface area contributed by atoms with E-state index in [4.69, 9.17) is 16.7 Å². The number of aromatic carboxylic acids is 1. The summed E-state index contributed by atoms with van der Waals surface area (Å²) in [5, 5.41) is 12.7. The Morgan fingerprint density at radius 2 is 1.76 bits per heavy atom. The van der Waals surface area contributed by atoms with Gasteiger partial charge in [-0.3, -0.25) is 4.79 Å². The number of carboxylic acid groups (broad SMARTS) is 1. The molecule has 0 aromatic heterocycles. The number of benzene rings is 3. The number of aryl methyl sites for hydroxylation is 1. The lowest BCUT2D eigenvalue weighted by atomic mass is 10.1. The van der Waals surface area contributed by atoms with E-state index in [0.717, 1.165) is 21.7 Å². The molecular weight excluding hydrogens is 456 g/mol. The molecule has 5 nitrogen and oxygen atoms in total. The molecule has 0 aliphatic heterocycles. The third kappa shape index (κ3) is 7.27. The number of rotatable bonds is 10. The van der Waals surface area contributed by atoms with Gasteiger partial charge >= 0.3 is 5.97 Å². The zero-order valence-corrected chi connectivity index (χ0v) is 20.2. The Bertz CT molecular complexity index is 1120. The highest BCUT2D eigenvalue weighted by Gasteiger charge is 2.14. The first-order valence-corrected chi connectivity index (χ1v) is 11.8. The van der Waals surface area contributed by atoms with Crippen molar-refractivity contribution in [2.24, 2.45) is 0 Å². The summed E-state index contributed by atoms with van der Waals surface area (Å²) in [6, 6.07) is 20.8. The fourth-order valence-electron chi connectivity index (χ4n) is 3.29. The second-order valence-corrected chi connectivity index (χ2v) is 9.28. The quantitative estimate of drug-likeness (QED) is 0.333. The number of hydrogen-bond acceptors (Lipinski definition) is 4. The van der Waals surface area contributed by atoms with Crippen LogP contribution in [0, 0.1) is 13.8 Å². The highest BCUT2D eigenvalue weighted by atomic mass is 35.5. The summed E-state index contributed by atoms with van der Waals surface area (Å²) in [6.45, 7) is 5.03. The molecule has 0 saturated carbocycles. The lowest BCUT2D eigenvalue weighted by Gasteiger charge is -2.25. The second-order valence-electron chi connectivity index (χ2n) is 7.78. The molecule has 3 aromatic carbocycles. The average molecular weight is 483 g/mol. The predicted molar refractivity (Wildman–Crippen MR) is 135 cm³/mol. The average Bonchev–Trinajstić information content (AvgIpc) is 2.80. The first-order chi connectivity index (χ1) is 15.8. The van der Waals surface area contributed by atoms with Gasteiger partial charge in [0.15, 0.2) is 0 Å². The van der Waals surface area contributed by atoms with E-state index in [2.05, 4.69) is 40.8 Å². The number of amides is 1. The van der Waals surface area contributed by atoms with Gasteiger partial charge in [0.1, 0.15) is 0 Å². The van der Waals surface area contributed by atoms with Gasteiger partial charge in [0.2, 0.25) is 5.91 Å².